The predicted octanol–water partition coefficient (Wildman–Crippen LogP) is 2.44. The summed E-state index contributed by atoms with van der Waals surface area (Å²) >= 11 is 0. The lowest BCUT2D eigenvalue weighted by molar-refractivity contribution is -0.132. The Kier molecular flexibility index (Phi) is 5.23. The molecule has 1 saturated heterocycles. The number of carbonyl (C=O) groups is 1. The Morgan fingerprint density at radius 2 is 1.86 bits per heavy atom. The third-order valence-electron chi connectivity index (χ3n) is 4.48. The fraction of sp³-hybridized carbons (Fsp3) is 0.588. The predicted molar refractivity (Wildman–Crippen MR) is 84.4 cm³/mol. The minimum Gasteiger partial charge on any atom is -0.508 e. The average Bonchev–Trinajstić information content (AvgIpc) is 2.48. The quantitative estimate of drug-likeness (QED) is 0.926. The zero-order chi connectivity index (χ0) is 15.4. The number of hydrogen-bond donors (Lipinski definition) is 1. The van der Waals surface area contributed by atoms with E-state index in [0.717, 1.165) is 25.9 Å². The molecule has 1 N–H and O–H groups in total. The van der Waals surface area contributed by atoms with Crippen LogP contribution in [0.1, 0.15) is 38.2 Å². The van der Waals surface area contributed by atoms with Gasteiger partial charge in [-0.2, -0.15) is 0 Å². The summed E-state index contributed by atoms with van der Waals surface area (Å²) in [5, 5.41) is 9.34. The number of benzene rings is 1. The van der Waals surface area contributed by atoms with Crippen LogP contribution in [0.4, 0.5) is 0 Å². The van der Waals surface area contributed by atoms with Gasteiger partial charge in [-0.25, -0.2) is 0 Å². The van der Waals surface area contributed by atoms with Crippen LogP contribution in [0.25, 0.3) is 0 Å². The maximum absolute atomic E-state index is 12.1. The van der Waals surface area contributed by atoms with Crippen molar-refractivity contribution in [3.8, 4) is 5.75 Å². The van der Waals surface area contributed by atoms with Crippen molar-refractivity contribution >= 4 is 5.91 Å². The van der Waals surface area contributed by atoms with Crippen LogP contribution in [-0.4, -0.2) is 53.5 Å². The summed E-state index contributed by atoms with van der Waals surface area (Å²) < 4.78 is 0. The number of hydrogen-bond acceptors (Lipinski definition) is 3. The number of nitrogens with zero attached hydrogens (tertiary/aromatic N) is 2. The first-order chi connectivity index (χ1) is 9.97. The SMILES string of the molecule is CC(C)N(C)C(=O)CN1CCC(c2ccc(O)cc2)CC1. The minimum absolute atomic E-state index is 0.202. The van der Waals surface area contributed by atoms with Crippen LogP contribution in [-0.2, 0) is 4.79 Å². The second-order valence-electron chi connectivity index (χ2n) is 6.24. The summed E-state index contributed by atoms with van der Waals surface area (Å²) in [7, 11) is 1.87. The first-order valence-corrected chi connectivity index (χ1v) is 7.74. The fourth-order valence-electron chi connectivity index (χ4n) is 2.76. The van der Waals surface area contributed by atoms with Gasteiger partial charge in [0.15, 0.2) is 0 Å². The molecule has 1 aliphatic heterocycles. The Morgan fingerprint density at radius 3 is 2.38 bits per heavy atom. The molecule has 1 heterocycles. The lowest BCUT2D eigenvalue weighted by atomic mass is 9.89. The van der Waals surface area contributed by atoms with E-state index in [2.05, 4.69) is 4.90 Å². The number of carbonyl (C=O) groups excluding carboxylic acids is 1. The number of amides is 1. The van der Waals surface area contributed by atoms with Gasteiger partial charge >= 0.3 is 0 Å². The molecule has 1 amide bonds. The molecule has 4 nitrogen and oxygen atoms in total. The molecule has 0 radical (unpaired) electrons. The summed E-state index contributed by atoms with van der Waals surface area (Å²) in [5.74, 6) is 1.06. The highest BCUT2D eigenvalue weighted by Crippen LogP contribution is 2.28. The van der Waals surface area contributed by atoms with Crippen LogP contribution in [0.3, 0.4) is 0 Å². The molecule has 0 atom stereocenters. The van der Waals surface area contributed by atoms with E-state index in [0.29, 0.717) is 18.2 Å². The normalized spacial score (nSPS) is 17.1. The van der Waals surface area contributed by atoms with Gasteiger partial charge in [-0.05, 0) is 63.4 Å². The van der Waals surface area contributed by atoms with Gasteiger partial charge in [0.05, 0.1) is 6.54 Å². The lowest BCUT2D eigenvalue weighted by Gasteiger charge is -2.33. The number of phenolic OH excluding ortho intramolecular Hbond substituents is 1. The van der Waals surface area contributed by atoms with Crippen molar-refractivity contribution in [1.82, 2.24) is 9.80 Å². The summed E-state index contributed by atoms with van der Waals surface area (Å²) in [6.07, 6.45) is 2.15. The fourth-order valence-corrected chi connectivity index (χ4v) is 2.76. The molecule has 1 aliphatic rings. The van der Waals surface area contributed by atoms with Crippen molar-refractivity contribution in [3.63, 3.8) is 0 Å². The highest BCUT2D eigenvalue weighted by atomic mass is 16.3. The standard InChI is InChI=1S/C17H26N2O2/c1-13(2)18(3)17(21)12-19-10-8-15(9-11-19)14-4-6-16(20)7-5-14/h4-7,13,15,20H,8-12H2,1-3H3. The molecule has 0 aromatic heterocycles. The van der Waals surface area contributed by atoms with Crippen molar-refractivity contribution in [2.24, 2.45) is 0 Å². The van der Waals surface area contributed by atoms with Gasteiger partial charge in [-0.1, -0.05) is 12.1 Å². The maximum Gasteiger partial charge on any atom is 0.236 e. The van der Waals surface area contributed by atoms with E-state index >= 15 is 0 Å². The monoisotopic (exact) mass is 290 g/mol. The van der Waals surface area contributed by atoms with Crippen LogP contribution in [0, 0.1) is 0 Å². The van der Waals surface area contributed by atoms with E-state index < -0.39 is 0 Å². The summed E-state index contributed by atoms with van der Waals surface area (Å²) in [6, 6.07) is 7.78. The number of rotatable bonds is 4. The Hall–Kier alpha value is -1.55. The zero-order valence-corrected chi connectivity index (χ0v) is 13.2. The largest absolute Gasteiger partial charge is 0.508 e. The zero-order valence-electron chi connectivity index (χ0n) is 13.2. The summed E-state index contributed by atoms with van der Waals surface area (Å²) in [4.78, 5) is 16.2. The Morgan fingerprint density at radius 1 is 1.29 bits per heavy atom. The maximum atomic E-state index is 12.1. The molecule has 1 aromatic rings. The first-order valence-electron chi connectivity index (χ1n) is 7.74. The van der Waals surface area contributed by atoms with E-state index in [4.69, 9.17) is 0 Å². The molecule has 0 spiro atoms. The van der Waals surface area contributed by atoms with Crippen LogP contribution < -0.4 is 0 Å². The summed E-state index contributed by atoms with van der Waals surface area (Å²) in [5.41, 5.74) is 1.29. The average molecular weight is 290 g/mol. The van der Waals surface area contributed by atoms with E-state index in [1.54, 1.807) is 12.1 Å². The van der Waals surface area contributed by atoms with Crippen molar-refractivity contribution in [2.75, 3.05) is 26.7 Å². The lowest BCUT2D eigenvalue weighted by Crippen LogP contribution is -2.43. The highest BCUT2D eigenvalue weighted by Gasteiger charge is 2.23. The highest BCUT2D eigenvalue weighted by molar-refractivity contribution is 5.78. The molecule has 21 heavy (non-hydrogen) atoms. The van der Waals surface area contributed by atoms with Crippen LogP contribution in [0.5, 0.6) is 5.75 Å². The van der Waals surface area contributed by atoms with Crippen LogP contribution in [0.15, 0.2) is 24.3 Å². The molecular weight excluding hydrogens is 264 g/mol. The molecule has 116 valence electrons. The topological polar surface area (TPSA) is 43.8 Å². The van der Waals surface area contributed by atoms with Gasteiger partial charge in [0, 0.05) is 13.1 Å². The van der Waals surface area contributed by atoms with Gasteiger partial charge < -0.3 is 10.0 Å². The molecule has 2 rings (SSSR count). The third-order valence-corrected chi connectivity index (χ3v) is 4.48. The molecule has 1 fully saturated rings. The number of piperidine rings is 1. The van der Waals surface area contributed by atoms with Gasteiger partial charge in [0.25, 0.3) is 0 Å². The molecule has 4 heteroatoms. The number of phenols is 1. The van der Waals surface area contributed by atoms with E-state index in [-0.39, 0.29) is 11.9 Å². The van der Waals surface area contributed by atoms with Gasteiger partial charge in [-0.15, -0.1) is 0 Å². The van der Waals surface area contributed by atoms with Crippen LogP contribution in [0.2, 0.25) is 0 Å². The minimum atomic E-state index is 0.202. The molecule has 0 aliphatic carbocycles. The van der Waals surface area contributed by atoms with Gasteiger partial charge in [0.2, 0.25) is 5.91 Å². The van der Waals surface area contributed by atoms with Gasteiger partial charge in [0.1, 0.15) is 5.75 Å². The molecule has 0 bridgehead atoms. The first kappa shape index (κ1) is 15.8. The van der Waals surface area contributed by atoms with Crippen molar-refractivity contribution in [2.45, 2.75) is 38.6 Å². The Balaban J connectivity index is 1.83. The Labute approximate surface area is 127 Å². The van der Waals surface area contributed by atoms with Gasteiger partial charge in [-0.3, -0.25) is 9.69 Å². The summed E-state index contributed by atoms with van der Waals surface area (Å²) in [6.45, 7) is 6.52. The molecule has 0 saturated carbocycles. The van der Waals surface area contributed by atoms with Crippen molar-refractivity contribution < 1.29 is 9.90 Å². The second-order valence-corrected chi connectivity index (χ2v) is 6.24. The molecule has 1 aromatic carbocycles. The van der Waals surface area contributed by atoms with Crippen molar-refractivity contribution in [1.29, 1.82) is 0 Å². The van der Waals surface area contributed by atoms with E-state index in [1.165, 1.54) is 5.56 Å². The van der Waals surface area contributed by atoms with Crippen molar-refractivity contribution in [3.05, 3.63) is 29.8 Å². The molecular formula is C17H26N2O2. The number of aromatic hydroxyl groups is 1. The van der Waals surface area contributed by atoms with E-state index in [1.807, 2.05) is 37.9 Å². The number of likely N-dealkylation sites (tertiary alicyclic amines) is 1. The van der Waals surface area contributed by atoms with E-state index in [9.17, 15) is 9.90 Å². The van der Waals surface area contributed by atoms with Crippen LogP contribution >= 0.6 is 0 Å². The molecule has 0 unspecified atom stereocenters. The smallest absolute Gasteiger partial charge is 0.236 e. The second kappa shape index (κ2) is 6.94. The number of likely N-dealkylation sites (N-methyl/N-ethyl adjacent to an activating group) is 1. The Bertz CT molecular complexity index is 462. The third kappa shape index (κ3) is 4.21.